The number of amides is 1. The fourth-order valence-electron chi connectivity index (χ4n) is 2.75. The van der Waals surface area contributed by atoms with Crippen molar-refractivity contribution in [3.8, 4) is 0 Å². The highest BCUT2D eigenvalue weighted by molar-refractivity contribution is 5.84. The zero-order valence-corrected chi connectivity index (χ0v) is 11.2. The average Bonchev–Trinajstić information content (AvgIpc) is 3.08. The molecule has 1 aromatic heterocycles. The molecule has 1 aliphatic carbocycles. The number of hydrogen-bond acceptors (Lipinski definition) is 4. The third kappa shape index (κ3) is 2.42. The Morgan fingerprint density at radius 2 is 2.37 bits per heavy atom. The molecule has 0 aromatic carbocycles. The third-order valence-electron chi connectivity index (χ3n) is 3.84. The summed E-state index contributed by atoms with van der Waals surface area (Å²) in [6.45, 7) is 1.30. The van der Waals surface area contributed by atoms with E-state index < -0.39 is 0 Å². The number of aromatic nitrogens is 1. The molecule has 0 saturated carbocycles. The summed E-state index contributed by atoms with van der Waals surface area (Å²) in [5.74, 6) is 1.10. The molecule has 1 amide bonds. The van der Waals surface area contributed by atoms with Crippen LogP contribution in [-0.2, 0) is 24.2 Å². The van der Waals surface area contributed by atoms with Gasteiger partial charge in [-0.15, -0.1) is 0 Å². The summed E-state index contributed by atoms with van der Waals surface area (Å²) in [5, 5.41) is 7.27. The Morgan fingerprint density at radius 3 is 3.16 bits per heavy atom. The van der Waals surface area contributed by atoms with Crippen LogP contribution in [0.3, 0.4) is 0 Å². The molecular formula is C14H19N3O2. The summed E-state index contributed by atoms with van der Waals surface area (Å²) in [7, 11) is 1.82. The topological polar surface area (TPSA) is 58.4 Å². The van der Waals surface area contributed by atoms with Crippen molar-refractivity contribution in [3.63, 3.8) is 0 Å². The first-order valence-corrected chi connectivity index (χ1v) is 6.87. The number of hydrogen-bond donors (Lipinski definition) is 1. The van der Waals surface area contributed by atoms with Crippen LogP contribution in [0.2, 0.25) is 0 Å². The van der Waals surface area contributed by atoms with Gasteiger partial charge in [-0.2, -0.15) is 0 Å². The molecule has 1 aromatic rings. The first-order valence-electron chi connectivity index (χ1n) is 6.87. The number of carbonyl (C=O) groups excluding carboxylic acids is 1. The molecule has 5 nitrogen and oxygen atoms in total. The first kappa shape index (κ1) is 12.4. The van der Waals surface area contributed by atoms with Crippen LogP contribution in [0.5, 0.6) is 0 Å². The van der Waals surface area contributed by atoms with E-state index in [1.807, 2.05) is 19.2 Å². The second-order valence-electron chi connectivity index (χ2n) is 5.25. The zero-order valence-electron chi connectivity index (χ0n) is 11.2. The molecule has 1 atom stereocenters. The first-order chi connectivity index (χ1) is 9.25. The summed E-state index contributed by atoms with van der Waals surface area (Å²) in [5.41, 5.74) is 2.15. The van der Waals surface area contributed by atoms with E-state index in [9.17, 15) is 4.79 Å². The Labute approximate surface area is 112 Å². The molecule has 3 rings (SSSR count). The van der Waals surface area contributed by atoms with Crippen molar-refractivity contribution in [2.45, 2.75) is 38.3 Å². The number of carbonyl (C=O) groups is 1. The summed E-state index contributed by atoms with van der Waals surface area (Å²) in [6, 6.07) is -0.187. The molecule has 0 radical (unpaired) electrons. The number of rotatable bonds is 3. The summed E-state index contributed by atoms with van der Waals surface area (Å²) in [4.78, 5) is 13.9. The minimum atomic E-state index is -0.187. The lowest BCUT2D eigenvalue weighted by atomic mass is 9.96. The van der Waals surface area contributed by atoms with Crippen molar-refractivity contribution in [2.75, 3.05) is 13.6 Å². The molecule has 0 unspecified atom stereocenters. The lowest BCUT2D eigenvalue weighted by molar-refractivity contribution is -0.131. The predicted octanol–water partition coefficient (Wildman–Crippen LogP) is 1.04. The van der Waals surface area contributed by atoms with Crippen LogP contribution in [0.25, 0.3) is 0 Å². The minimum Gasteiger partial charge on any atom is -0.361 e. The van der Waals surface area contributed by atoms with E-state index >= 15 is 0 Å². The monoisotopic (exact) mass is 261 g/mol. The van der Waals surface area contributed by atoms with Crippen molar-refractivity contribution < 1.29 is 9.32 Å². The van der Waals surface area contributed by atoms with Gasteiger partial charge in [0.15, 0.2) is 0 Å². The average molecular weight is 261 g/mol. The fourth-order valence-corrected chi connectivity index (χ4v) is 2.75. The molecule has 102 valence electrons. The van der Waals surface area contributed by atoms with Gasteiger partial charge in [-0.1, -0.05) is 17.3 Å². The van der Waals surface area contributed by atoms with Gasteiger partial charge in [-0.3, -0.25) is 10.1 Å². The van der Waals surface area contributed by atoms with Gasteiger partial charge in [0.2, 0.25) is 5.91 Å². The fraction of sp³-hybridized carbons (Fsp3) is 0.571. The molecule has 5 heteroatoms. The lowest BCUT2D eigenvalue weighted by Gasteiger charge is -2.20. The van der Waals surface area contributed by atoms with E-state index in [4.69, 9.17) is 4.52 Å². The number of aryl methyl sites for hydroxylation is 1. The Bertz CT molecular complexity index is 507. The minimum absolute atomic E-state index is 0.0845. The largest absolute Gasteiger partial charge is 0.361 e. The standard InChI is InChI=1S/C14H19N3O2/c1-17(14(18)11-6-4-8-15-11)9-12-10-5-2-3-7-13(10)19-16-12/h4,6,11,15H,2-3,5,7-9H2,1H3/t11-/m0/s1. The zero-order chi connectivity index (χ0) is 13.2. The van der Waals surface area contributed by atoms with Crippen LogP contribution in [-0.4, -0.2) is 35.6 Å². The molecule has 2 aliphatic rings. The van der Waals surface area contributed by atoms with Gasteiger partial charge in [-0.25, -0.2) is 0 Å². The Hall–Kier alpha value is -1.62. The van der Waals surface area contributed by atoms with Crippen molar-refractivity contribution in [2.24, 2.45) is 0 Å². The van der Waals surface area contributed by atoms with Gasteiger partial charge < -0.3 is 9.42 Å². The van der Waals surface area contributed by atoms with Crippen LogP contribution in [0.15, 0.2) is 16.7 Å². The molecule has 2 heterocycles. The predicted molar refractivity (Wildman–Crippen MR) is 70.5 cm³/mol. The number of nitrogens with one attached hydrogen (secondary N) is 1. The maximum absolute atomic E-state index is 12.2. The second kappa shape index (κ2) is 5.17. The highest BCUT2D eigenvalue weighted by Crippen LogP contribution is 2.24. The SMILES string of the molecule is CN(Cc1noc2c1CCCC2)C(=O)[C@@H]1C=CCN1. The molecular weight excluding hydrogens is 242 g/mol. The Morgan fingerprint density at radius 1 is 1.53 bits per heavy atom. The van der Waals surface area contributed by atoms with Crippen LogP contribution >= 0.6 is 0 Å². The maximum atomic E-state index is 12.2. The van der Waals surface area contributed by atoms with E-state index in [0.717, 1.165) is 30.8 Å². The van der Waals surface area contributed by atoms with E-state index in [2.05, 4.69) is 10.5 Å². The van der Waals surface area contributed by atoms with E-state index in [1.54, 1.807) is 4.90 Å². The molecule has 0 spiro atoms. The Balaban J connectivity index is 1.69. The molecule has 0 saturated heterocycles. The van der Waals surface area contributed by atoms with Gasteiger partial charge in [0, 0.05) is 25.6 Å². The van der Waals surface area contributed by atoms with Crippen LogP contribution < -0.4 is 5.32 Å². The molecule has 1 aliphatic heterocycles. The van der Waals surface area contributed by atoms with Crippen LogP contribution in [0.4, 0.5) is 0 Å². The Kier molecular flexibility index (Phi) is 3.38. The molecule has 19 heavy (non-hydrogen) atoms. The van der Waals surface area contributed by atoms with Gasteiger partial charge in [-0.05, 0) is 19.3 Å². The van der Waals surface area contributed by atoms with Crippen LogP contribution in [0, 0.1) is 0 Å². The van der Waals surface area contributed by atoms with Crippen molar-refractivity contribution >= 4 is 5.91 Å². The smallest absolute Gasteiger partial charge is 0.243 e. The number of fused-ring (bicyclic) bond motifs is 1. The van der Waals surface area contributed by atoms with E-state index in [-0.39, 0.29) is 11.9 Å². The van der Waals surface area contributed by atoms with Crippen molar-refractivity contribution in [3.05, 3.63) is 29.2 Å². The van der Waals surface area contributed by atoms with Crippen molar-refractivity contribution in [1.82, 2.24) is 15.4 Å². The highest BCUT2D eigenvalue weighted by Gasteiger charge is 2.25. The second-order valence-corrected chi connectivity index (χ2v) is 5.25. The molecule has 0 fully saturated rings. The summed E-state index contributed by atoms with van der Waals surface area (Å²) >= 11 is 0. The summed E-state index contributed by atoms with van der Waals surface area (Å²) in [6.07, 6.45) is 8.26. The van der Waals surface area contributed by atoms with Gasteiger partial charge in [0.25, 0.3) is 0 Å². The van der Waals surface area contributed by atoms with Gasteiger partial charge in [0.1, 0.15) is 17.5 Å². The molecule has 0 bridgehead atoms. The van der Waals surface area contributed by atoms with Gasteiger partial charge in [0.05, 0.1) is 6.54 Å². The normalized spacial score (nSPS) is 21.4. The third-order valence-corrected chi connectivity index (χ3v) is 3.84. The van der Waals surface area contributed by atoms with Crippen molar-refractivity contribution in [1.29, 1.82) is 0 Å². The lowest BCUT2D eigenvalue weighted by Crippen LogP contribution is -2.41. The quantitative estimate of drug-likeness (QED) is 0.826. The maximum Gasteiger partial charge on any atom is 0.243 e. The van der Waals surface area contributed by atoms with Crippen LogP contribution in [0.1, 0.15) is 29.9 Å². The number of nitrogens with zero attached hydrogens (tertiary/aromatic N) is 2. The summed E-state index contributed by atoms with van der Waals surface area (Å²) < 4.78 is 5.38. The van der Waals surface area contributed by atoms with Gasteiger partial charge >= 0.3 is 0 Å². The molecule has 1 N–H and O–H groups in total. The van der Waals surface area contributed by atoms with E-state index in [0.29, 0.717) is 6.54 Å². The highest BCUT2D eigenvalue weighted by atomic mass is 16.5. The van der Waals surface area contributed by atoms with E-state index in [1.165, 1.54) is 18.4 Å². The number of likely N-dealkylation sites (N-methyl/N-ethyl adjacent to an activating group) is 1.